The molecule has 2 heterocycles. The topological polar surface area (TPSA) is 54.3 Å². The Bertz CT molecular complexity index is 253. The second kappa shape index (κ2) is 5.87. The smallest absolute Gasteiger partial charge is 0.0936 e. The Morgan fingerprint density at radius 3 is 2.11 bits per heavy atom. The maximum atomic E-state index is 5.82. The van der Waals surface area contributed by atoms with Crippen LogP contribution in [-0.4, -0.2) is 56.5 Å². The van der Waals surface area contributed by atoms with Crippen molar-refractivity contribution in [1.82, 2.24) is 4.90 Å². The van der Waals surface area contributed by atoms with Crippen LogP contribution >= 0.6 is 0 Å². The van der Waals surface area contributed by atoms with Crippen LogP contribution in [0.3, 0.4) is 0 Å². The van der Waals surface area contributed by atoms with Crippen LogP contribution in [-0.2, 0) is 9.47 Å². The molecule has 2 aliphatic heterocycles. The van der Waals surface area contributed by atoms with E-state index in [1.807, 2.05) is 0 Å². The van der Waals surface area contributed by atoms with Gasteiger partial charge in [0.25, 0.3) is 0 Å². The Morgan fingerprint density at radius 1 is 0.944 bits per heavy atom. The normalized spacial score (nSPS) is 39.0. The summed E-state index contributed by atoms with van der Waals surface area (Å²) in [4.78, 5) is 2.57. The third kappa shape index (κ3) is 3.92. The monoisotopic (exact) mass is 254 g/mol. The molecule has 4 heteroatoms. The fourth-order valence-electron chi connectivity index (χ4n) is 3.29. The molecule has 2 saturated heterocycles. The zero-order valence-corrected chi connectivity index (χ0v) is 11.2. The number of hydrogen-bond acceptors (Lipinski definition) is 4. The highest BCUT2D eigenvalue weighted by Crippen LogP contribution is 2.29. The highest BCUT2D eigenvalue weighted by molar-refractivity contribution is 4.83. The first-order chi connectivity index (χ1) is 8.83. The van der Waals surface area contributed by atoms with Gasteiger partial charge in [-0.25, -0.2) is 0 Å². The van der Waals surface area contributed by atoms with Crippen molar-refractivity contribution in [3.05, 3.63) is 0 Å². The number of ether oxygens (including phenoxy) is 2. The van der Waals surface area contributed by atoms with Gasteiger partial charge in [-0.15, -0.1) is 0 Å². The third-order valence-electron chi connectivity index (χ3n) is 4.47. The van der Waals surface area contributed by atoms with Gasteiger partial charge in [-0.05, 0) is 37.6 Å². The Kier molecular flexibility index (Phi) is 4.19. The van der Waals surface area contributed by atoms with Gasteiger partial charge in [-0.3, -0.25) is 4.90 Å². The molecular weight excluding hydrogens is 228 g/mol. The standard InChI is InChI=1S/C14H26N2O2/c15-5-11-2-1-3-12(4-11)6-16(7-13-9-17-13)8-14-10-18-14/h11-14H,1-10,15H2. The van der Waals surface area contributed by atoms with Gasteiger partial charge in [0.2, 0.25) is 0 Å². The fourth-order valence-corrected chi connectivity index (χ4v) is 3.29. The lowest BCUT2D eigenvalue weighted by molar-refractivity contribution is 0.156. The summed E-state index contributed by atoms with van der Waals surface area (Å²) in [5.74, 6) is 1.60. The highest BCUT2D eigenvalue weighted by atomic mass is 16.6. The van der Waals surface area contributed by atoms with E-state index in [2.05, 4.69) is 4.90 Å². The number of nitrogens with two attached hydrogens (primary N) is 1. The van der Waals surface area contributed by atoms with Crippen LogP contribution in [0, 0.1) is 11.8 Å². The molecule has 4 nitrogen and oxygen atoms in total. The zero-order chi connectivity index (χ0) is 12.4. The molecule has 3 rings (SSSR count). The van der Waals surface area contributed by atoms with Gasteiger partial charge < -0.3 is 15.2 Å². The molecule has 18 heavy (non-hydrogen) atoms. The van der Waals surface area contributed by atoms with Gasteiger partial charge in [0.15, 0.2) is 0 Å². The zero-order valence-electron chi connectivity index (χ0n) is 11.2. The minimum Gasteiger partial charge on any atom is -0.372 e. The maximum Gasteiger partial charge on any atom is 0.0936 e. The molecule has 0 spiro atoms. The van der Waals surface area contributed by atoms with Gasteiger partial charge in [-0.2, -0.15) is 0 Å². The first kappa shape index (κ1) is 12.9. The Morgan fingerprint density at radius 2 is 1.56 bits per heavy atom. The van der Waals surface area contributed by atoms with E-state index in [0.717, 1.165) is 44.7 Å². The first-order valence-electron chi connectivity index (χ1n) is 7.49. The molecule has 0 aromatic heterocycles. The second-order valence-electron chi connectivity index (χ2n) is 6.26. The predicted molar refractivity (Wildman–Crippen MR) is 70.4 cm³/mol. The van der Waals surface area contributed by atoms with Crippen molar-refractivity contribution in [1.29, 1.82) is 0 Å². The third-order valence-corrected chi connectivity index (χ3v) is 4.47. The van der Waals surface area contributed by atoms with Crippen LogP contribution in [0.5, 0.6) is 0 Å². The second-order valence-corrected chi connectivity index (χ2v) is 6.26. The van der Waals surface area contributed by atoms with Crippen molar-refractivity contribution in [2.45, 2.75) is 37.9 Å². The molecule has 4 atom stereocenters. The quantitative estimate of drug-likeness (QED) is 0.684. The highest BCUT2D eigenvalue weighted by Gasteiger charge is 2.32. The van der Waals surface area contributed by atoms with Gasteiger partial charge in [0, 0.05) is 19.6 Å². The summed E-state index contributed by atoms with van der Waals surface area (Å²) in [5, 5.41) is 0. The summed E-state index contributed by atoms with van der Waals surface area (Å²) in [7, 11) is 0. The number of nitrogens with zero attached hydrogens (tertiary/aromatic N) is 1. The van der Waals surface area contributed by atoms with E-state index in [0.29, 0.717) is 12.2 Å². The molecule has 4 unspecified atom stereocenters. The molecule has 3 fully saturated rings. The summed E-state index contributed by atoms with van der Waals surface area (Å²) >= 11 is 0. The lowest BCUT2D eigenvalue weighted by Crippen LogP contribution is -2.38. The SMILES string of the molecule is NCC1CCCC(CN(CC2CO2)CC2CO2)C1. The van der Waals surface area contributed by atoms with Crippen LogP contribution in [0.1, 0.15) is 25.7 Å². The van der Waals surface area contributed by atoms with E-state index in [1.54, 1.807) is 0 Å². The molecule has 0 aromatic rings. The average Bonchev–Trinajstić information content (AvgIpc) is 3.25. The van der Waals surface area contributed by atoms with E-state index in [-0.39, 0.29) is 0 Å². The van der Waals surface area contributed by atoms with E-state index < -0.39 is 0 Å². The molecule has 1 saturated carbocycles. The molecule has 2 N–H and O–H groups in total. The van der Waals surface area contributed by atoms with E-state index >= 15 is 0 Å². The van der Waals surface area contributed by atoms with Crippen molar-refractivity contribution in [2.75, 3.05) is 39.4 Å². The molecule has 0 bridgehead atoms. The van der Waals surface area contributed by atoms with Crippen LogP contribution in [0.15, 0.2) is 0 Å². The largest absolute Gasteiger partial charge is 0.372 e. The van der Waals surface area contributed by atoms with Crippen LogP contribution in [0.25, 0.3) is 0 Å². The summed E-state index contributed by atoms with van der Waals surface area (Å²) in [6.45, 7) is 6.20. The molecule has 0 radical (unpaired) electrons. The predicted octanol–water partition coefficient (Wildman–Crippen LogP) is 0.851. The summed E-state index contributed by atoms with van der Waals surface area (Å²) < 4.78 is 10.7. The van der Waals surface area contributed by atoms with Gasteiger partial charge in [0.1, 0.15) is 0 Å². The van der Waals surface area contributed by atoms with Crippen LogP contribution in [0.2, 0.25) is 0 Å². The molecular formula is C14H26N2O2. The van der Waals surface area contributed by atoms with E-state index in [9.17, 15) is 0 Å². The van der Waals surface area contributed by atoms with Crippen molar-refractivity contribution in [3.63, 3.8) is 0 Å². The molecule has 104 valence electrons. The summed E-state index contributed by atoms with van der Waals surface area (Å²) in [6.07, 6.45) is 6.40. The molecule has 3 aliphatic rings. The first-order valence-corrected chi connectivity index (χ1v) is 7.49. The van der Waals surface area contributed by atoms with Crippen molar-refractivity contribution in [3.8, 4) is 0 Å². The van der Waals surface area contributed by atoms with E-state index in [1.165, 1.54) is 32.2 Å². The van der Waals surface area contributed by atoms with Gasteiger partial charge in [-0.1, -0.05) is 6.42 Å². The van der Waals surface area contributed by atoms with E-state index in [4.69, 9.17) is 15.2 Å². The molecule has 1 aliphatic carbocycles. The van der Waals surface area contributed by atoms with Gasteiger partial charge in [0.05, 0.1) is 25.4 Å². The fraction of sp³-hybridized carbons (Fsp3) is 1.00. The molecule has 0 amide bonds. The lowest BCUT2D eigenvalue weighted by Gasteiger charge is -2.32. The number of epoxide rings is 2. The maximum absolute atomic E-state index is 5.82. The van der Waals surface area contributed by atoms with Crippen molar-refractivity contribution >= 4 is 0 Å². The minimum absolute atomic E-state index is 0.498. The Labute approximate surface area is 110 Å². The molecule has 0 aromatic carbocycles. The van der Waals surface area contributed by atoms with Crippen molar-refractivity contribution < 1.29 is 9.47 Å². The van der Waals surface area contributed by atoms with Gasteiger partial charge >= 0.3 is 0 Å². The number of hydrogen-bond donors (Lipinski definition) is 1. The van der Waals surface area contributed by atoms with Crippen molar-refractivity contribution in [2.24, 2.45) is 17.6 Å². The summed E-state index contributed by atoms with van der Waals surface area (Å²) in [5.41, 5.74) is 5.82. The number of rotatable bonds is 7. The Hall–Kier alpha value is -0.160. The average molecular weight is 254 g/mol. The van der Waals surface area contributed by atoms with Crippen LogP contribution in [0.4, 0.5) is 0 Å². The Balaban J connectivity index is 1.46. The minimum atomic E-state index is 0.498. The lowest BCUT2D eigenvalue weighted by atomic mass is 9.81. The van der Waals surface area contributed by atoms with Crippen LogP contribution < -0.4 is 5.73 Å². The summed E-state index contributed by atoms with van der Waals surface area (Å²) in [6, 6.07) is 0.